The van der Waals surface area contributed by atoms with E-state index in [0.717, 1.165) is 6.07 Å². The van der Waals surface area contributed by atoms with E-state index in [1.807, 2.05) is 27.7 Å². The predicted octanol–water partition coefficient (Wildman–Crippen LogP) is 10.1. The Balaban J connectivity index is 0.000000301. The molecule has 0 amide bonds. The standard InChI is InChI=1S/C16H16BClF3NO2.C10H4ClF3IN.2CH4/c1-15(2)16(3,4)24-17(23-15)12-8-7-9(14(20)21)13(18)22-11(8)6-5-10(12)19;11-9-5(10(13)14)3-4-7(16-9)2-1-6(12)8(4)15;;/h5-7,14H,1-4H3;1-3,10H;2*1H4. The van der Waals surface area contributed by atoms with Gasteiger partial charge in [0, 0.05) is 16.2 Å². The number of halogens is 9. The van der Waals surface area contributed by atoms with Gasteiger partial charge < -0.3 is 9.31 Å². The quantitative estimate of drug-likeness (QED) is 0.0907. The van der Waals surface area contributed by atoms with Crippen LogP contribution in [0.4, 0.5) is 26.3 Å². The van der Waals surface area contributed by atoms with Crippen molar-refractivity contribution in [3.05, 3.63) is 73.0 Å². The summed E-state index contributed by atoms with van der Waals surface area (Å²) in [4.78, 5) is 7.76. The maximum absolute atomic E-state index is 14.5. The zero-order valence-corrected chi connectivity index (χ0v) is 25.0. The third-order valence-corrected chi connectivity index (χ3v) is 8.49. The number of rotatable bonds is 3. The van der Waals surface area contributed by atoms with Crippen LogP contribution in [-0.4, -0.2) is 28.3 Å². The van der Waals surface area contributed by atoms with E-state index >= 15 is 0 Å². The lowest BCUT2D eigenvalue weighted by atomic mass is 9.76. The number of pyridine rings is 2. The molecule has 228 valence electrons. The van der Waals surface area contributed by atoms with Crippen molar-refractivity contribution < 1.29 is 35.7 Å². The van der Waals surface area contributed by atoms with E-state index in [9.17, 15) is 26.3 Å². The van der Waals surface area contributed by atoms with Crippen molar-refractivity contribution in [2.75, 3.05) is 0 Å². The molecule has 1 aliphatic heterocycles. The maximum Gasteiger partial charge on any atom is 0.498 e. The van der Waals surface area contributed by atoms with Crippen LogP contribution in [0.15, 0.2) is 36.4 Å². The normalized spacial score (nSPS) is 15.5. The molecule has 0 N–H and O–H groups in total. The fourth-order valence-corrected chi connectivity index (χ4v) is 4.98. The highest BCUT2D eigenvalue weighted by atomic mass is 127. The molecule has 2 aromatic heterocycles. The Hall–Kier alpha value is -1.87. The van der Waals surface area contributed by atoms with Gasteiger partial charge in [0.05, 0.1) is 36.9 Å². The third-order valence-electron chi connectivity index (χ3n) is 6.79. The van der Waals surface area contributed by atoms with Crippen molar-refractivity contribution in [3.63, 3.8) is 0 Å². The molecule has 3 heterocycles. The zero-order valence-electron chi connectivity index (χ0n) is 21.3. The molecule has 4 nitrogen and oxygen atoms in total. The third kappa shape index (κ3) is 6.93. The Labute approximate surface area is 264 Å². The van der Waals surface area contributed by atoms with E-state index in [0.29, 0.717) is 16.4 Å². The number of hydrogen-bond donors (Lipinski definition) is 0. The molecule has 2 aromatic carbocycles. The second-order valence-electron chi connectivity index (χ2n) is 9.88. The van der Waals surface area contributed by atoms with Crippen LogP contribution in [0.1, 0.15) is 66.5 Å². The van der Waals surface area contributed by atoms with Gasteiger partial charge in [-0.1, -0.05) is 38.1 Å². The fourth-order valence-electron chi connectivity index (χ4n) is 3.92. The first-order chi connectivity index (χ1) is 18.5. The molecule has 0 bridgehead atoms. The van der Waals surface area contributed by atoms with Gasteiger partial charge >= 0.3 is 7.12 Å². The van der Waals surface area contributed by atoms with Gasteiger partial charge in [-0.2, -0.15) is 0 Å². The number of aromatic nitrogens is 2. The van der Waals surface area contributed by atoms with E-state index in [-0.39, 0.29) is 45.1 Å². The number of fused-ring (bicyclic) bond motifs is 2. The largest absolute Gasteiger partial charge is 0.498 e. The van der Waals surface area contributed by atoms with Gasteiger partial charge in [0.1, 0.15) is 21.9 Å². The Bertz CT molecular complexity index is 1590. The number of benzene rings is 2. The minimum atomic E-state index is -2.82. The lowest BCUT2D eigenvalue weighted by molar-refractivity contribution is 0.00578. The van der Waals surface area contributed by atoms with Crippen LogP contribution in [0.3, 0.4) is 0 Å². The van der Waals surface area contributed by atoms with Crippen molar-refractivity contribution in [2.24, 2.45) is 0 Å². The highest BCUT2D eigenvalue weighted by Gasteiger charge is 2.53. The van der Waals surface area contributed by atoms with Crippen molar-refractivity contribution in [3.8, 4) is 0 Å². The van der Waals surface area contributed by atoms with E-state index in [1.54, 1.807) is 22.6 Å². The molecule has 1 saturated heterocycles. The van der Waals surface area contributed by atoms with Crippen molar-refractivity contribution in [1.29, 1.82) is 0 Å². The van der Waals surface area contributed by atoms with E-state index in [2.05, 4.69) is 9.97 Å². The summed E-state index contributed by atoms with van der Waals surface area (Å²) in [6, 6.07) is 7.57. The summed E-state index contributed by atoms with van der Waals surface area (Å²) in [5, 5.41) is 0.00221. The first-order valence-electron chi connectivity index (χ1n) is 11.7. The van der Waals surface area contributed by atoms with Crippen LogP contribution < -0.4 is 5.46 Å². The predicted molar refractivity (Wildman–Crippen MR) is 165 cm³/mol. The molecular formula is C28H28BCl2F6IN2O2. The molecule has 0 aliphatic carbocycles. The summed E-state index contributed by atoms with van der Waals surface area (Å²) >= 11 is 13.1. The molecule has 42 heavy (non-hydrogen) atoms. The SMILES string of the molecule is C.C.CC1(C)OB(c2c(F)ccc3nc(Cl)c(C(F)F)cc23)OC1(C)C.Fc1ccc2nc(Cl)c(C(F)F)cc2c1I. The van der Waals surface area contributed by atoms with E-state index in [4.69, 9.17) is 32.5 Å². The number of nitrogens with zero attached hydrogens (tertiary/aromatic N) is 2. The van der Waals surface area contributed by atoms with Gasteiger partial charge in [-0.3, -0.25) is 0 Å². The molecule has 4 aromatic rings. The second-order valence-corrected chi connectivity index (χ2v) is 11.7. The van der Waals surface area contributed by atoms with Gasteiger partial charge in [-0.15, -0.1) is 0 Å². The Morgan fingerprint density at radius 3 is 1.60 bits per heavy atom. The molecule has 14 heteroatoms. The van der Waals surface area contributed by atoms with Crippen molar-refractivity contribution >= 4 is 80.2 Å². The maximum atomic E-state index is 14.5. The summed E-state index contributed by atoms with van der Waals surface area (Å²) in [7, 11) is -1.02. The molecule has 1 aliphatic rings. The molecule has 5 rings (SSSR count). The second kappa shape index (κ2) is 13.4. The van der Waals surface area contributed by atoms with Gasteiger partial charge in [0.15, 0.2) is 0 Å². The molecule has 0 saturated carbocycles. The van der Waals surface area contributed by atoms with Crippen LogP contribution >= 0.6 is 45.8 Å². The van der Waals surface area contributed by atoms with E-state index < -0.39 is 48.4 Å². The van der Waals surface area contributed by atoms with Gasteiger partial charge in [-0.05, 0) is 86.7 Å². The summed E-state index contributed by atoms with van der Waals surface area (Å²) in [6.07, 6.45) is -5.53. The summed E-state index contributed by atoms with van der Waals surface area (Å²) in [6.45, 7) is 7.32. The Kier molecular flexibility index (Phi) is 11.6. The average Bonchev–Trinajstić information content (AvgIpc) is 3.07. The summed E-state index contributed by atoms with van der Waals surface area (Å²) in [5.74, 6) is -1.07. The minimum Gasteiger partial charge on any atom is -0.399 e. The molecule has 0 atom stereocenters. The van der Waals surface area contributed by atoms with Crippen molar-refractivity contribution in [2.45, 2.75) is 66.6 Å². The highest BCUT2D eigenvalue weighted by Crippen LogP contribution is 2.38. The summed E-state index contributed by atoms with van der Waals surface area (Å²) in [5.41, 5.74) is -1.44. The first kappa shape index (κ1) is 36.3. The zero-order chi connectivity index (χ0) is 29.7. The van der Waals surface area contributed by atoms with Gasteiger partial charge in [-0.25, -0.2) is 36.3 Å². The van der Waals surface area contributed by atoms with Crippen LogP contribution in [-0.2, 0) is 9.31 Å². The minimum absolute atomic E-state index is 0. The van der Waals surface area contributed by atoms with Crippen molar-refractivity contribution in [1.82, 2.24) is 9.97 Å². The number of hydrogen-bond acceptors (Lipinski definition) is 4. The van der Waals surface area contributed by atoms with E-state index in [1.165, 1.54) is 30.3 Å². The van der Waals surface area contributed by atoms with Gasteiger partial charge in [0.25, 0.3) is 12.9 Å². The van der Waals surface area contributed by atoms with Crippen LogP contribution in [0.25, 0.3) is 21.8 Å². The lowest BCUT2D eigenvalue weighted by Gasteiger charge is -2.32. The fraction of sp³-hybridized carbons (Fsp3) is 0.357. The van der Waals surface area contributed by atoms with Crippen LogP contribution in [0.5, 0.6) is 0 Å². The van der Waals surface area contributed by atoms with Crippen LogP contribution in [0, 0.1) is 15.2 Å². The molecule has 0 unspecified atom stereocenters. The Morgan fingerprint density at radius 1 is 0.738 bits per heavy atom. The van der Waals surface area contributed by atoms with Crippen LogP contribution in [0.2, 0.25) is 10.3 Å². The molecule has 0 radical (unpaired) electrons. The monoisotopic (exact) mass is 746 g/mol. The number of alkyl halides is 4. The highest BCUT2D eigenvalue weighted by molar-refractivity contribution is 14.1. The molecule has 0 spiro atoms. The topological polar surface area (TPSA) is 44.2 Å². The lowest BCUT2D eigenvalue weighted by Crippen LogP contribution is -2.41. The molecular weight excluding hydrogens is 719 g/mol. The Morgan fingerprint density at radius 2 is 1.14 bits per heavy atom. The summed E-state index contributed by atoms with van der Waals surface area (Å²) < 4.78 is 91.1. The smallest absolute Gasteiger partial charge is 0.399 e. The van der Waals surface area contributed by atoms with Gasteiger partial charge in [0.2, 0.25) is 0 Å². The first-order valence-corrected chi connectivity index (χ1v) is 13.5. The average molecular weight is 747 g/mol. The molecule has 1 fully saturated rings.